The maximum Gasteiger partial charge on any atom is 0.323 e. The minimum absolute atomic E-state index is 0.000256. The molecule has 8 nitrogen and oxygen atoms in total. The summed E-state index contributed by atoms with van der Waals surface area (Å²) < 4.78 is 4.43. The summed E-state index contributed by atoms with van der Waals surface area (Å²) in [5.41, 5.74) is 0. The summed E-state index contributed by atoms with van der Waals surface area (Å²) >= 11 is 0. The molecule has 0 aromatic carbocycles. The number of amides is 3. The summed E-state index contributed by atoms with van der Waals surface area (Å²) in [4.78, 5) is 45.3. The number of nitrogens with one attached hydrogen (secondary N) is 1. The van der Waals surface area contributed by atoms with Crippen molar-refractivity contribution in [3.8, 4) is 0 Å². The zero-order valence-corrected chi connectivity index (χ0v) is 11.7. The first kappa shape index (κ1) is 17.9. The van der Waals surface area contributed by atoms with Crippen LogP contribution in [0.25, 0.3) is 0 Å². The van der Waals surface area contributed by atoms with Gasteiger partial charge < -0.3 is 14.7 Å². The molecule has 0 spiro atoms. The molecule has 20 heavy (non-hydrogen) atoms. The summed E-state index contributed by atoms with van der Waals surface area (Å²) in [6, 6.07) is -0.600. The van der Waals surface area contributed by atoms with E-state index in [1.165, 1.54) is 19.1 Å². The van der Waals surface area contributed by atoms with Crippen molar-refractivity contribution in [2.45, 2.75) is 32.1 Å². The van der Waals surface area contributed by atoms with E-state index >= 15 is 0 Å². The molecule has 0 aromatic heterocycles. The largest absolute Gasteiger partial charge is 0.481 e. The van der Waals surface area contributed by atoms with Gasteiger partial charge in [0, 0.05) is 26.4 Å². The van der Waals surface area contributed by atoms with E-state index in [0.29, 0.717) is 12.8 Å². The lowest BCUT2D eigenvalue weighted by Crippen LogP contribution is -2.41. The van der Waals surface area contributed by atoms with Gasteiger partial charge in [-0.25, -0.2) is 4.79 Å². The van der Waals surface area contributed by atoms with Crippen molar-refractivity contribution >= 4 is 23.9 Å². The van der Waals surface area contributed by atoms with Gasteiger partial charge in [-0.1, -0.05) is 0 Å². The van der Waals surface area contributed by atoms with E-state index < -0.39 is 23.9 Å². The molecule has 0 rings (SSSR count). The van der Waals surface area contributed by atoms with Crippen LogP contribution in [0.2, 0.25) is 0 Å². The fourth-order valence-corrected chi connectivity index (χ4v) is 1.30. The molecule has 0 saturated heterocycles. The minimum atomic E-state index is -0.913. The highest BCUT2D eigenvalue weighted by Gasteiger charge is 2.13. The third-order valence-corrected chi connectivity index (χ3v) is 2.52. The van der Waals surface area contributed by atoms with Gasteiger partial charge in [-0.3, -0.25) is 19.7 Å². The first-order valence-electron chi connectivity index (χ1n) is 6.20. The molecule has 0 heterocycles. The Labute approximate surface area is 117 Å². The molecule has 3 amide bonds. The normalized spacial score (nSPS) is 9.70. The number of unbranched alkanes of at least 4 members (excludes halogenated alkanes) is 1. The lowest BCUT2D eigenvalue weighted by atomic mass is 10.2. The number of hydrogen-bond acceptors (Lipinski definition) is 5. The molecular formula is C12H20N2O6. The first-order chi connectivity index (χ1) is 9.36. The third-order valence-electron chi connectivity index (χ3n) is 2.52. The van der Waals surface area contributed by atoms with Crippen LogP contribution in [-0.2, 0) is 19.1 Å². The Morgan fingerprint density at radius 1 is 1.10 bits per heavy atom. The monoisotopic (exact) mass is 288 g/mol. The van der Waals surface area contributed by atoms with Gasteiger partial charge in [0.05, 0.1) is 13.5 Å². The van der Waals surface area contributed by atoms with Crippen LogP contribution in [0.5, 0.6) is 0 Å². The second-order valence-corrected chi connectivity index (χ2v) is 4.20. The number of esters is 1. The van der Waals surface area contributed by atoms with Crippen molar-refractivity contribution in [3.05, 3.63) is 0 Å². The Hall–Kier alpha value is -2.12. The van der Waals surface area contributed by atoms with Gasteiger partial charge in [0.25, 0.3) is 0 Å². The highest BCUT2D eigenvalue weighted by molar-refractivity contribution is 5.94. The van der Waals surface area contributed by atoms with Crippen LogP contribution < -0.4 is 5.32 Å². The highest BCUT2D eigenvalue weighted by Crippen LogP contribution is 2.00. The minimum Gasteiger partial charge on any atom is -0.481 e. The lowest BCUT2D eigenvalue weighted by molar-refractivity contribution is -0.141. The number of carbonyl (C=O) groups excluding carboxylic acids is 3. The van der Waals surface area contributed by atoms with E-state index in [1.54, 1.807) is 0 Å². The molecule has 114 valence electrons. The van der Waals surface area contributed by atoms with Crippen molar-refractivity contribution in [3.63, 3.8) is 0 Å². The van der Waals surface area contributed by atoms with Gasteiger partial charge in [-0.2, -0.15) is 0 Å². The summed E-state index contributed by atoms with van der Waals surface area (Å²) in [6.07, 6.45) is 0.920. The molecule has 0 aliphatic carbocycles. The SMILES string of the molecule is COC(=O)CCN(C)C(=O)NC(=O)CCCCC(=O)O. The van der Waals surface area contributed by atoms with Crippen molar-refractivity contribution in [2.75, 3.05) is 20.7 Å². The van der Waals surface area contributed by atoms with E-state index in [1.807, 2.05) is 0 Å². The van der Waals surface area contributed by atoms with Gasteiger partial charge >= 0.3 is 18.0 Å². The number of nitrogens with zero attached hydrogens (tertiary/aromatic N) is 1. The van der Waals surface area contributed by atoms with E-state index in [9.17, 15) is 19.2 Å². The summed E-state index contributed by atoms with van der Waals surface area (Å²) in [5, 5.41) is 10.6. The maximum absolute atomic E-state index is 11.5. The molecule has 0 saturated carbocycles. The Morgan fingerprint density at radius 2 is 1.70 bits per heavy atom. The van der Waals surface area contributed by atoms with E-state index in [2.05, 4.69) is 10.1 Å². The number of hydrogen-bond donors (Lipinski definition) is 2. The predicted octanol–water partition coefficient (Wildman–Crippen LogP) is 0.362. The Balaban J connectivity index is 3.85. The molecule has 0 radical (unpaired) electrons. The van der Waals surface area contributed by atoms with Gasteiger partial charge in [0.2, 0.25) is 5.91 Å². The van der Waals surface area contributed by atoms with Gasteiger partial charge in [-0.05, 0) is 12.8 Å². The molecule has 0 aliphatic rings. The Kier molecular flexibility index (Phi) is 8.73. The number of rotatable bonds is 8. The average molecular weight is 288 g/mol. The molecule has 0 fully saturated rings. The fourth-order valence-electron chi connectivity index (χ4n) is 1.30. The molecule has 0 aliphatic heterocycles. The fraction of sp³-hybridized carbons (Fsp3) is 0.667. The third kappa shape index (κ3) is 8.90. The van der Waals surface area contributed by atoms with Crippen LogP contribution >= 0.6 is 0 Å². The molecule has 0 bridgehead atoms. The molecule has 0 aromatic rings. The second kappa shape index (κ2) is 9.76. The van der Waals surface area contributed by atoms with Crippen LogP contribution in [-0.4, -0.2) is 54.6 Å². The van der Waals surface area contributed by atoms with Crippen LogP contribution in [0.1, 0.15) is 32.1 Å². The molecule has 8 heteroatoms. The number of carboxylic acid groups (broad SMARTS) is 1. The molecule has 0 unspecified atom stereocenters. The predicted molar refractivity (Wildman–Crippen MR) is 68.9 cm³/mol. The van der Waals surface area contributed by atoms with Crippen molar-refractivity contribution in [1.82, 2.24) is 10.2 Å². The van der Waals surface area contributed by atoms with Gasteiger partial charge in [0.15, 0.2) is 0 Å². The molecular weight excluding hydrogens is 268 g/mol. The van der Waals surface area contributed by atoms with Crippen molar-refractivity contribution < 1.29 is 29.0 Å². The number of carboxylic acids is 1. The summed E-state index contributed by atoms with van der Waals surface area (Å²) in [5.74, 6) is -1.82. The second-order valence-electron chi connectivity index (χ2n) is 4.20. The number of carbonyl (C=O) groups is 4. The van der Waals surface area contributed by atoms with E-state index in [-0.39, 0.29) is 25.8 Å². The summed E-state index contributed by atoms with van der Waals surface area (Å²) in [7, 11) is 2.71. The maximum atomic E-state index is 11.5. The molecule has 0 atom stereocenters. The number of imide groups is 1. The van der Waals surface area contributed by atoms with Crippen molar-refractivity contribution in [1.29, 1.82) is 0 Å². The van der Waals surface area contributed by atoms with Crippen LogP contribution in [0.4, 0.5) is 4.79 Å². The smallest absolute Gasteiger partial charge is 0.323 e. The summed E-state index contributed by atoms with van der Waals surface area (Å²) in [6.45, 7) is 0.144. The van der Waals surface area contributed by atoms with Gasteiger partial charge in [0.1, 0.15) is 0 Å². The van der Waals surface area contributed by atoms with E-state index in [4.69, 9.17) is 5.11 Å². The number of ether oxygens (including phenoxy) is 1. The van der Waals surface area contributed by atoms with Gasteiger partial charge in [-0.15, -0.1) is 0 Å². The number of aliphatic carboxylic acids is 1. The highest BCUT2D eigenvalue weighted by atomic mass is 16.5. The zero-order valence-electron chi connectivity index (χ0n) is 11.7. The lowest BCUT2D eigenvalue weighted by Gasteiger charge is -2.16. The quantitative estimate of drug-likeness (QED) is 0.492. The number of urea groups is 1. The average Bonchev–Trinajstić information content (AvgIpc) is 2.40. The van der Waals surface area contributed by atoms with Crippen molar-refractivity contribution in [2.24, 2.45) is 0 Å². The van der Waals surface area contributed by atoms with Crippen LogP contribution in [0.15, 0.2) is 0 Å². The van der Waals surface area contributed by atoms with E-state index in [0.717, 1.165) is 0 Å². The topological polar surface area (TPSA) is 113 Å². The first-order valence-corrected chi connectivity index (χ1v) is 6.20. The Morgan fingerprint density at radius 3 is 2.25 bits per heavy atom. The van der Waals surface area contributed by atoms with Crippen LogP contribution in [0.3, 0.4) is 0 Å². The standard InChI is InChI=1S/C12H20N2O6/c1-14(8-7-11(18)20-2)12(19)13-9(15)5-3-4-6-10(16)17/h3-8H2,1-2H3,(H,16,17)(H,13,15,19). The van der Waals surface area contributed by atoms with Crippen LogP contribution in [0, 0.1) is 0 Å². The Bertz CT molecular complexity index is 369. The number of methoxy groups -OCH3 is 1. The molecule has 2 N–H and O–H groups in total. The zero-order chi connectivity index (χ0) is 15.5.